The normalized spacial score (nSPS) is 14.4. The molecule has 0 saturated carbocycles. The van der Waals surface area contributed by atoms with Crippen LogP contribution in [0.4, 0.5) is 0 Å². The number of nitrogens with zero attached hydrogens (tertiary/aromatic N) is 2. The third kappa shape index (κ3) is 15.0. The molecule has 0 spiro atoms. The summed E-state index contributed by atoms with van der Waals surface area (Å²) in [6.07, 6.45) is 23.9. The summed E-state index contributed by atoms with van der Waals surface area (Å²) in [5.74, 6) is 1.41. The third-order valence-corrected chi connectivity index (χ3v) is 5.58. The van der Waals surface area contributed by atoms with Crippen LogP contribution in [0.25, 0.3) is 0 Å². The second kappa shape index (κ2) is 18.5. The maximum absolute atomic E-state index is 7.19. The van der Waals surface area contributed by atoms with Gasteiger partial charge in [-0.3, -0.25) is 10.4 Å². The van der Waals surface area contributed by atoms with Crippen molar-refractivity contribution in [3.8, 4) is 0 Å². The summed E-state index contributed by atoms with van der Waals surface area (Å²) in [6.45, 7) is 6.31. The van der Waals surface area contributed by atoms with Crippen LogP contribution >= 0.6 is 0 Å². The van der Waals surface area contributed by atoms with Crippen LogP contribution in [0.15, 0.2) is 17.1 Å². The first-order chi connectivity index (χ1) is 14.2. The number of hydrogen-bond donors (Lipinski definition) is 3. The molecule has 0 bridgehead atoms. The summed E-state index contributed by atoms with van der Waals surface area (Å²) in [5, 5.41) is 10.1. The third-order valence-electron chi connectivity index (χ3n) is 5.58. The molecule has 0 aromatic rings. The van der Waals surface area contributed by atoms with Crippen molar-refractivity contribution in [2.75, 3.05) is 26.2 Å². The topological polar surface area (TPSA) is 77.5 Å². The predicted octanol–water partition coefficient (Wildman–Crippen LogP) is 5.61. The number of hydrogen-bond acceptors (Lipinski definition) is 3. The first kappa shape index (κ1) is 25.5. The Hall–Kier alpha value is -1.52. The van der Waals surface area contributed by atoms with E-state index in [1.54, 1.807) is 0 Å². The lowest BCUT2D eigenvalue weighted by molar-refractivity contribution is 0.372. The van der Waals surface area contributed by atoms with Gasteiger partial charge in [-0.05, 0) is 51.4 Å². The highest BCUT2D eigenvalue weighted by Gasteiger charge is 2.14. The average Bonchev–Trinajstić information content (AvgIpc) is 2.72. The Morgan fingerprint density at radius 1 is 1.00 bits per heavy atom. The van der Waals surface area contributed by atoms with Crippen molar-refractivity contribution in [2.24, 2.45) is 10.7 Å². The lowest BCUT2D eigenvalue weighted by Crippen LogP contribution is -2.37. The van der Waals surface area contributed by atoms with Gasteiger partial charge in [0.15, 0.2) is 5.96 Å². The Bertz CT molecular complexity index is 458. The van der Waals surface area contributed by atoms with E-state index in [2.05, 4.69) is 29.3 Å². The molecule has 0 radical (unpaired) electrons. The lowest BCUT2D eigenvalue weighted by atomic mass is 10.1. The van der Waals surface area contributed by atoms with Gasteiger partial charge in [-0.15, -0.1) is 0 Å². The number of allylic oxidation sites excluding steroid dienone is 2. The van der Waals surface area contributed by atoms with E-state index in [0.717, 1.165) is 45.4 Å². The van der Waals surface area contributed by atoms with Crippen LogP contribution in [0.5, 0.6) is 0 Å². The average molecular weight is 406 g/mol. The monoisotopic (exact) mass is 405 g/mol. The molecule has 1 aliphatic rings. The number of amidine groups is 1. The molecule has 0 saturated heterocycles. The number of rotatable bonds is 18. The van der Waals surface area contributed by atoms with Gasteiger partial charge in [0.05, 0.1) is 5.84 Å². The second-order valence-electron chi connectivity index (χ2n) is 8.31. The van der Waals surface area contributed by atoms with Gasteiger partial charge in [0, 0.05) is 32.6 Å². The zero-order chi connectivity index (χ0) is 21.0. The quantitative estimate of drug-likeness (QED) is 0.120. The fourth-order valence-electron chi connectivity index (χ4n) is 3.83. The summed E-state index contributed by atoms with van der Waals surface area (Å²) in [7, 11) is 0. The van der Waals surface area contributed by atoms with E-state index in [-0.39, 0.29) is 5.96 Å². The number of unbranched alkanes of at least 4 members (excludes halogenated alkanes) is 10. The van der Waals surface area contributed by atoms with Gasteiger partial charge < -0.3 is 16.0 Å². The molecule has 5 nitrogen and oxygen atoms in total. The summed E-state index contributed by atoms with van der Waals surface area (Å²) >= 11 is 0. The van der Waals surface area contributed by atoms with Crippen LogP contribution < -0.4 is 11.1 Å². The Morgan fingerprint density at radius 3 is 2.41 bits per heavy atom. The zero-order valence-corrected chi connectivity index (χ0v) is 19.1. The van der Waals surface area contributed by atoms with Crippen molar-refractivity contribution in [3.05, 3.63) is 12.2 Å². The minimum absolute atomic E-state index is 0.0728. The highest BCUT2D eigenvalue weighted by molar-refractivity contribution is 5.82. The smallest absolute Gasteiger partial charge is 0.185 e. The van der Waals surface area contributed by atoms with Crippen LogP contribution in [0.1, 0.15) is 103 Å². The maximum atomic E-state index is 7.19. The van der Waals surface area contributed by atoms with Crippen LogP contribution in [-0.4, -0.2) is 42.9 Å². The lowest BCUT2D eigenvalue weighted by Gasteiger charge is -2.29. The molecular formula is C24H47N5. The number of aliphatic imine (C=N–C) groups is 1. The van der Waals surface area contributed by atoms with Crippen molar-refractivity contribution in [2.45, 2.75) is 103 Å². The number of guanidine groups is 1. The van der Waals surface area contributed by atoms with Gasteiger partial charge in [0.25, 0.3) is 0 Å². The zero-order valence-electron chi connectivity index (χ0n) is 19.1. The molecule has 0 aliphatic carbocycles. The summed E-state index contributed by atoms with van der Waals surface area (Å²) < 4.78 is 0. The molecule has 5 heteroatoms. The molecule has 1 aliphatic heterocycles. The van der Waals surface area contributed by atoms with Gasteiger partial charge in [-0.25, -0.2) is 0 Å². The van der Waals surface area contributed by atoms with Crippen LogP contribution in [0.3, 0.4) is 0 Å². The fraction of sp³-hybridized carbons (Fsp3) is 0.833. The van der Waals surface area contributed by atoms with E-state index in [4.69, 9.17) is 16.1 Å². The van der Waals surface area contributed by atoms with Crippen molar-refractivity contribution in [1.29, 1.82) is 5.41 Å². The molecule has 0 aromatic heterocycles. The first-order valence-electron chi connectivity index (χ1n) is 12.2. The van der Waals surface area contributed by atoms with E-state index in [1.807, 2.05) is 0 Å². The van der Waals surface area contributed by atoms with E-state index in [0.29, 0.717) is 0 Å². The standard InChI is InChI=1S/C24H47N5/c1-2-3-4-5-6-7-8-9-10-11-12-13-14-18-23-27-20-17-22-29(23)21-16-15-19-28-24(25)26/h7-8H,2-6,9-22H2,1H3,(H4,25,26,28)/b8-7-. The van der Waals surface area contributed by atoms with Gasteiger partial charge in [-0.2, -0.15) is 0 Å². The predicted molar refractivity (Wildman–Crippen MR) is 128 cm³/mol. The molecular weight excluding hydrogens is 358 g/mol. The molecule has 0 atom stereocenters. The first-order valence-corrected chi connectivity index (χ1v) is 12.2. The molecule has 29 heavy (non-hydrogen) atoms. The minimum atomic E-state index is 0.0728. The van der Waals surface area contributed by atoms with E-state index < -0.39 is 0 Å². The van der Waals surface area contributed by atoms with Gasteiger partial charge in [-0.1, -0.05) is 57.6 Å². The fourth-order valence-corrected chi connectivity index (χ4v) is 3.83. The Kier molecular flexibility index (Phi) is 16.3. The summed E-state index contributed by atoms with van der Waals surface area (Å²) in [6, 6.07) is 0. The Labute approximate surface area is 180 Å². The molecule has 1 rings (SSSR count). The highest BCUT2D eigenvalue weighted by Crippen LogP contribution is 2.13. The summed E-state index contributed by atoms with van der Waals surface area (Å²) in [5.41, 5.74) is 5.32. The highest BCUT2D eigenvalue weighted by atomic mass is 15.2. The largest absolute Gasteiger partial charge is 0.370 e. The van der Waals surface area contributed by atoms with E-state index in [9.17, 15) is 0 Å². The van der Waals surface area contributed by atoms with Gasteiger partial charge in [0.2, 0.25) is 0 Å². The van der Waals surface area contributed by atoms with E-state index in [1.165, 1.54) is 82.9 Å². The molecule has 0 fully saturated rings. The van der Waals surface area contributed by atoms with Gasteiger partial charge in [0.1, 0.15) is 0 Å². The van der Waals surface area contributed by atoms with E-state index >= 15 is 0 Å². The van der Waals surface area contributed by atoms with Crippen LogP contribution in [-0.2, 0) is 0 Å². The molecule has 0 amide bonds. The Morgan fingerprint density at radius 2 is 1.69 bits per heavy atom. The molecule has 1 heterocycles. The van der Waals surface area contributed by atoms with Crippen molar-refractivity contribution >= 4 is 11.8 Å². The second-order valence-corrected chi connectivity index (χ2v) is 8.31. The number of nitrogens with one attached hydrogen (secondary N) is 2. The van der Waals surface area contributed by atoms with Crippen LogP contribution in [0, 0.1) is 5.41 Å². The van der Waals surface area contributed by atoms with Crippen molar-refractivity contribution < 1.29 is 0 Å². The van der Waals surface area contributed by atoms with Crippen molar-refractivity contribution in [3.63, 3.8) is 0 Å². The Balaban J connectivity index is 1.99. The maximum Gasteiger partial charge on any atom is 0.185 e. The molecule has 0 unspecified atom stereocenters. The molecule has 168 valence electrons. The molecule has 4 N–H and O–H groups in total. The van der Waals surface area contributed by atoms with Crippen LogP contribution in [0.2, 0.25) is 0 Å². The minimum Gasteiger partial charge on any atom is -0.370 e. The SMILES string of the molecule is CCCCCC/C=C\CCCCCCCC1=NCCCN1CCCCNC(=N)N. The van der Waals surface area contributed by atoms with Gasteiger partial charge >= 0.3 is 0 Å². The molecule has 0 aromatic carbocycles. The van der Waals surface area contributed by atoms with Crippen molar-refractivity contribution in [1.82, 2.24) is 10.2 Å². The summed E-state index contributed by atoms with van der Waals surface area (Å²) in [4.78, 5) is 7.28. The number of nitrogens with two attached hydrogens (primary N) is 1.